The summed E-state index contributed by atoms with van der Waals surface area (Å²) in [5, 5.41) is 14.3. The van der Waals surface area contributed by atoms with Crippen molar-refractivity contribution < 1.29 is 5.11 Å². The van der Waals surface area contributed by atoms with Gasteiger partial charge in [-0.2, -0.15) is 0 Å². The minimum atomic E-state index is -0.420. The van der Waals surface area contributed by atoms with Gasteiger partial charge in [0.2, 0.25) is 0 Å². The van der Waals surface area contributed by atoms with Gasteiger partial charge in [0.1, 0.15) is 0 Å². The third-order valence-corrected chi connectivity index (χ3v) is 4.53. The molecule has 2 heteroatoms. The molecule has 0 saturated heterocycles. The van der Waals surface area contributed by atoms with Crippen LogP contribution in [0.5, 0.6) is 0 Å². The lowest BCUT2D eigenvalue weighted by Crippen LogP contribution is -2.41. The Balaban J connectivity index is 2.14. The second-order valence-electron chi connectivity index (χ2n) is 7.25. The maximum Gasteiger partial charge on any atom is 0.0945 e. The first kappa shape index (κ1) is 16.5. The molecule has 0 spiro atoms. The Hall–Kier alpha value is -0.860. The molecule has 0 amide bonds. The quantitative estimate of drug-likeness (QED) is 0.833. The zero-order chi connectivity index (χ0) is 15.4. The van der Waals surface area contributed by atoms with E-state index in [0.717, 1.165) is 12.1 Å². The van der Waals surface area contributed by atoms with Crippen LogP contribution in [0.1, 0.15) is 63.3 Å². The number of aryl methyl sites for hydroxylation is 2. The van der Waals surface area contributed by atoms with Gasteiger partial charge >= 0.3 is 0 Å². The molecule has 2 N–H and O–H groups in total. The average molecular weight is 289 g/mol. The van der Waals surface area contributed by atoms with Gasteiger partial charge in [0, 0.05) is 6.04 Å². The largest absolute Gasteiger partial charge is 0.387 e. The molecule has 0 saturated carbocycles. The minimum Gasteiger partial charge on any atom is -0.387 e. The van der Waals surface area contributed by atoms with Crippen LogP contribution in [-0.2, 0) is 12.8 Å². The molecule has 2 nitrogen and oxygen atoms in total. The molecule has 2 atom stereocenters. The lowest BCUT2D eigenvalue weighted by Gasteiger charge is -2.29. The van der Waals surface area contributed by atoms with Gasteiger partial charge in [-0.25, -0.2) is 0 Å². The van der Waals surface area contributed by atoms with E-state index < -0.39 is 6.10 Å². The van der Waals surface area contributed by atoms with Gasteiger partial charge < -0.3 is 10.4 Å². The fourth-order valence-electron chi connectivity index (χ4n) is 3.23. The molecule has 2 rings (SSSR count). The van der Waals surface area contributed by atoms with Gasteiger partial charge in [0.25, 0.3) is 0 Å². The number of hydrogen-bond donors (Lipinski definition) is 2. The number of hydrogen-bond acceptors (Lipinski definition) is 2. The Morgan fingerprint density at radius 3 is 2.33 bits per heavy atom. The van der Waals surface area contributed by atoms with E-state index in [2.05, 4.69) is 51.2 Å². The summed E-state index contributed by atoms with van der Waals surface area (Å²) in [4.78, 5) is 0. The molecule has 0 radical (unpaired) electrons. The molecule has 1 aromatic carbocycles. The molecule has 2 unspecified atom stereocenters. The Morgan fingerprint density at radius 1 is 1.05 bits per heavy atom. The number of benzene rings is 1. The molecule has 0 bridgehead atoms. The summed E-state index contributed by atoms with van der Waals surface area (Å²) in [7, 11) is 0. The van der Waals surface area contributed by atoms with Crippen molar-refractivity contribution in [2.75, 3.05) is 6.54 Å². The standard InChI is InChI=1S/C19H31NO/c1-13(2)12-20-18(14(3)4)19(21)17-10-9-15-7-5-6-8-16(15)11-17/h9-11,13-14,18-21H,5-8,12H2,1-4H3. The number of fused-ring (bicyclic) bond motifs is 1. The Kier molecular flexibility index (Phi) is 5.83. The summed E-state index contributed by atoms with van der Waals surface area (Å²) in [6, 6.07) is 6.72. The molecule has 0 aromatic heterocycles. The molecule has 1 aliphatic carbocycles. The molecule has 1 aliphatic rings. The monoisotopic (exact) mass is 289 g/mol. The summed E-state index contributed by atoms with van der Waals surface area (Å²) in [5.74, 6) is 1.01. The zero-order valence-electron chi connectivity index (χ0n) is 14.0. The third kappa shape index (κ3) is 4.31. The van der Waals surface area contributed by atoms with Gasteiger partial charge in [0.15, 0.2) is 0 Å². The fourth-order valence-corrected chi connectivity index (χ4v) is 3.23. The van der Waals surface area contributed by atoms with E-state index in [4.69, 9.17) is 0 Å². The molecule has 21 heavy (non-hydrogen) atoms. The minimum absolute atomic E-state index is 0.119. The summed E-state index contributed by atoms with van der Waals surface area (Å²) < 4.78 is 0. The van der Waals surface area contributed by atoms with Crippen LogP contribution in [0, 0.1) is 11.8 Å². The number of aliphatic hydroxyl groups excluding tert-OH is 1. The van der Waals surface area contributed by atoms with Crippen LogP contribution in [0.4, 0.5) is 0 Å². The molecule has 118 valence electrons. The van der Waals surface area contributed by atoms with Gasteiger partial charge in [-0.15, -0.1) is 0 Å². The Morgan fingerprint density at radius 2 is 1.71 bits per heavy atom. The molecule has 0 aliphatic heterocycles. The summed E-state index contributed by atoms with van der Waals surface area (Å²) in [6.45, 7) is 9.72. The van der Waals surface area contributed by atoms with Gasteiger partial charge in [-0.3, -0.25) is 0 Å². The third-order valence-electron chi connectivity index (χ3n) is 4.53. The number of aliphatic hydroxyl groups is 1. The molecule has 1 aromatic rings. The van der Waals surface area contributed by atoms with Crippen molar-refractivity contribution >= 4 is 0 Å². The van der Waals surface area contributed by atoms with E-state index in [9.17, 15) is 5.11 Å². The topological polar surface area (TPSA) is 32.3 Å². The number of nitrogens with one attached hydrogen (secondary N) is 1. The van der Waals surface area contributed by atoms with Crippen molar-refractivity contribution in [2.45, 2.75) is 65.5 Å². The van der Waals surface area contributed by atoms with Crippen molar-refractivity contribution in [3.05, 3.63) is 34.9 Å². The summed E-state index contributed by atoms with van der Waals surface area (Å²) >= 11 is 0. The smallest absolute Gasteiger partial charge is 0.0945 e. The first-order valence-corrected chi connectivity index (χ1v) is 8.52. The predicted molar refractivity (Wildman–Crippen MR) is 89.5 cm³/mol. The van der Waals surface area contributed by atoms with Gasteiger partial charge in [-0.1, -0.05) is 45.9 Å². The van der Waals surface area contributed by atoms with Crippen molar-refractivity contribution in [1.29, 1.82) is 0 Å². The lowest BCUT2D eigenvalue weighted by molar-refractivity contribution is 0.103. The SMILES string of the molecule is CC(C)CNC(C(C)C)C(O)c1ccc2c(c1)CCCC2. The van der Waals surface area contributed by atoms with Crippen molar-refractivity contribution in [1.82, 2.24) is 5.32 Å². The van der Waals surface area contributed by atoms with Crippen molar-refractivity contribution in [3.8, 4) is 0 Å². The van der Waals surface area contributed by atoms with Crippen LogP contribution >= 0.6 is 0 Å². The van der Waals surface area contributed by atoms with Gasteiger partial charge in [-0.05, 0) is 60.8 Å². The molecule has 0 fully saturated rings. The van der Waals surface area contributed by atoms with Crippen LogP contribution in [-0.4, -0.2) is 17.7 Å². The average Bonchev–Trinajstić information content (AvgIpc) is 2.46. The second-order valence-corrected chi connectivity index (χ2v) is 7.25. The van der Waals surface area contributed by atoms with Crippen LogP contribution in [0.2, 0.25) is 0 Å². The normalized spacial score (nSPS) is 17.9. The van der Waals surface area contributed by atoms with E-state index in [0.29, 0.717) is 11.8 Å². The van der Waals surface area contributed by atoms with Crippen LogP contribution < -0.4 is 5.32 Å². The second kappa shape index (κ2) is 7.42. The van der Waals surface area contributed by atoms with Gasteiger partial charge in [0.05, 0.1) is 6.10 Å². The van der Waals surface area contributed by atoms with Crippen LogP contribution in [0.15, 0.2) is 18.2 Å². The molecule has 0 heterocycles. The highest BCUT2D eigenvalue weighted by molar-refractivity contribution is 5.35. The van der Waals surface area contributed by atoms with Crippen molar-refractivity contribution in [3.63, 3.8) is 0 Å². The Bertz CT molecular complexity index is 453. The fraction of sp³-hybridized carbons (Fsp3) is 0.684. The highest BCUT2D eigenvalue weighted by Gasteiger charge is 2.24. The van der Waals surface area contributed by atoms with Crippen LogP contribution in [0.3, 0.4) is 0 Å². The Labute approximate surface area is 130 Å². The lowest BCUT2D eigenvalue weighted by atomic mass is 9.87. The number of rotatable bonds is 6. The van der Waals surface area contributed by atoms with E-state index in [-0.39, 0.29) is 6.04 Å². The molecular weight excluding hydrogens is 258 g/mol. The highest BCUT2D eigenvalue weighted by atomic mass is 16.3. The van der Waals surface area contributed by atoms with E-state index in [1.54, 1.807) is 0 Å². The zero-order valence-corrected chi connectivity index (χ0v) is 14.0. The summed E-state index contributed by atoms with van der Waals surface area (Å²) in [5.41, 5.74) is 4.00. The van der Waals surface area contributed by atoms with Crippen LogP contribution in [0.25, 0.3) is 0 Å². The maximum atomic E-state index is 10.8. The first-order chi connectivity index (χ1) is 9.99. The van der Waals surface area contributed by atoms with Crippen molar-refractivity contribution in [2.24, 2.45) is 11.8 Å². The van der Waals surface area contributed by atoms with E-state index >= 15 is 0 Å². The van der Waals surface area contributed by atoms with E-state index in [1.807, 2.05) is 0 Å². The predicted octanol–water partition coefficient (Wildman–Crippen LogP) is 3.87. The van der Waals surface area contributed by atoms with E-state index in [1.165, 1.54) is 36.8 Å². The maximum absolute atomic E-state index is 10.8. The highest BCUT2D eigenvalue weighted by Crippen LogP contribution is 2.28. The first-order valence-electron chi connectivity index (χ1n) is 8.52. The molecular formula is C19H31NO. The summed E-state index contributed by atoms with van der Waals surface area (Å²) in [6.07, 6.45) is 4.54.